The lowest BCUT2D eigenvalue weighted by Gasteiger charge is -2.41. The van der Waals surface area contributed by atoms with E-state index in [1.54, 1.807) is 12.3 Å². The van der Waals surface area contributed by atoms with Gasteiger partial charge in [-0.2, -0.15) is 0 Å². The van der Waals surface area contributed by atoms with Crippen molar-refractivity contribution in [3.63, 3.8) is 0 Å². The van der Waals surface area contributed by atoms with Crippen LogP contribution < -0.4 is 5.73 Å². The number of rotatable bonds is 12. The monoisotopic (exact) mass is 516 g/mol. The van der Waals surface area contributed by atoms with E-state index in [1.165, 1.54) is 38.3 Å². The quantitative estimate of drug-likeness (QED) is 0.262. The topological polar surface area (TPSA) is 84.9 Å². The van der Waals surface area contributed by atoms with Gasteiger partial charge in [-0.1, -0.05) is 56.0 Å². The molecule has 1 aromatic rings. The van der Waals surface area contributed by atoms with Gasteiger partial charge in [-0.15, -0.1) is 0 Å². The van der Waals surface area contributed by atoms with E-state index in [0.717, 1.165) is 40.0 Å². The Morgan fingerprint density at radius 3 is 2.76 bits per heavy atom. The van der Waals surface area contributed by atoms with Crippen molar-refractivity contribution in [3.05, 3.63) is 78.0 Å². The van der Waals surface area contributed by atoms with Crippen LogP contribution in [0.1, 0.15) is 63.0 Å². The van der Waals surface area contributed by atoms with E-state index < -0.39 is 6.29 Å². The molecule has 38 heavy (non-hydrogen) atoms. The number of fused-ring (bicyclic) bond motifs is 2. The van der Waals surface area contributed by atoms with Crippen LogP contribution in [0.2, 0.25) is 0 Å². The maximum Gasteiger partial charge on any atom is 0.158 e. The average Bonchev–Trinajstić information content (AvgIpc) is 2.91. The van der Waals surface area contributed by atoms with Crippen LogP contribution in [0.4, 0.5) is 0 Å². The second-order valence-electron chi connectivity index (χ2n) is 11.5. The van der Waals surface area contributed by atoms with Crippen molar-refractivity contribution in [2.24, 2.45) is 40.3 Å². The lowest BCUT2D eigenvalue weighted by molar-refractivity contribution is -0.120. The van der Waals surface area contributed by atoms with Gasteiger partial charge in [0.15, 0.2) is 6.29 Å². The maximum atomic E-state index is 12.8. The highest BCUT2D eigenvalue weighted by atomic mass is 16.6. The van der Waals surface area contributed by atoms with Gasteiger partial charge in [0.05, 0.1) is 6.61 Å². The van der Waals surface area contributed by atoms with E-state index in [4.69, 9.17) is 10.5 Å². The summed E-state index contributed by atoms with van der Waals surface area (Å²) in [5.74, 6) is 3.09. The minimum absolute atomic E-state index is 0.166. The Morgan fingerprint density at radius 2 is 2.03 bits per heavy atom. The smallest absolute Gasteiger partial charge is 0.158 e. The number of aliphatic hydroxyl groups excluding tert-OH is 1. The van der Waals surface area contributed by atoms with Crippen LogP contribution in [-0.2, 0) is 16.0 Å². The minimum atomic E-state index is -0.814. The van der Waals surface area contributed by atoms with Crippen LogP contribution in [0.5, 0.6) is 0 Å². The van der Waals surface area contributed by atoms with Gasteiger partial charge in [-0.3, -0.25) is 9.79 Å². The third-order valence-electron chi connectivity index (χ3n) is 8.39. The summed E-state index contributed by atoms with van der Waals surface area (Å²) in [5, 5.41) is 10.7. The molecule has 5 heteroatoms. The van der Waals surface area contributed by atoms with Crippen LogP contribution >= 0.6 is 0 Å². The lowest BCUT2D eigenvalue weighted by Crippen LogP contribution is -2.33. The zero-order valence-electron chi connectivity index (χ0n) is 22.8. The number of ether oxygens (including phenoxy) is 1. The van der Waals surface area contributed by atoms with Crippen molar-refractivity contribution in [1.29, 1.82) is 0 Å². The zero-order valence-corrected chi connectivity index (χ0v) is 22.8. The summed E-state index contributed by atoms with van der Waals surface area (Å²) >= 11 is 0. The largest absolute Gasteiger partial charge is 0.368 e. The van der Waals surface area contributed by atoms with E-state index in [2.05, 4.69) is 30.6 Å². The summed E-state index contributed by atoms with van der Waals surface area (Å²) in [6.45, 7) is 6.99. The van der Waals surface area contributed by atoms with E-state index in [0.29, 0.717) is 38.3 Å². The third kappa shape index (κ3) is 7.95. The second kappa shape index (κ2) is 14.0. The first-order valence-electron chi connectivity index (χ1n) is 14.3. The normalized spacial score (nSPS) is 28.2. The fourth-order valence-corrected chi connectivity index (χ4v) is 6.83. The summed E-state index contributed by atoms with van der Waals surface area (Å²) in [7, 11) is 0. The van der Waals surface area contributed by atoms with Gasteiger partial charge in [0, 0.05) is 37.7 Å². The standard InChI is InChI=1S/C33H44N2O3/c1-3-35-12-5-4-9-32(36)29-10-11-30(21-34)31(20-29)28-8-6-7-24(18-28)19-33(37)38-22-27-16-25-13-23(2)14-26(15-25)17-27/h3-8,10-12,18,23,25-27,29,33,37H,1,9,13-17,19-22,34H2,2H3/b5-4+,35-12?. The second-order valence-corrected chi connectivity index (χ2v) is 11.5. The molecule has 2 bridgehead atoms. The highest BCUT2D eigenvalue weighted by Gasteiger charge is 2.34. The summed E-state index contributed by atoms with van der Waals surface area (Å²) in [6.07, 6.45) is 17.8. The number of nitrogens with two attached hydrogens (primary N) is 1. The molecular formula is C33H44N2O3. The highest BCUT2D eigenvalue weighted by molar-refractivity contribution is 5.88. The van der Waals surface area contributed by atoms with Crippen LogP contribution in [0.25, 0.3) is 5.57 Å². The molecule has 5 nitrogen and oxygen atoms in total. The van der Waals surface area contributed by atoms with Crippen LogP contribution in [0.15, 0.2) is 71.9 Å². The van der Waals surface area contributed by atoms with Gasteiger partial charge < -0.3 is 15.6 Å². The summed E-state index contributed by atoms with van der Waals surface area (Å²) in [5.41, 5.74) is 10.3. The molecule has 3 aliphatic carbocycles. The van der Waals surface area contributed by atoms with E-state index in [9.17, 15) is 9.90 Å². The molecule has 3 N–H and O–H groups in total. The fraction of sp³-hybridized carbons (Fsp3) is 0.515. The molecule has 4 unspecified atom stereocenters. The number of nitrogens with zero attached hydrogens (tertiary/aromatic N) is 1. The Labute approximate surface area is 228 Å². The van der Waals surface area contributed by atoms with Crippen molar-refractivity contribution < 1.29 is 14.6 Å². The predicted octanol–water partition coefficient (Wildman–Crippen LogP) is 6.04. The Balaban J connectivity index is 1.33. The molecule has 0 aromatic heterocycles. The molecule has 2 saturated carbocycles. The molecule has 0 spiro atoms. The van der Waals surface area contributed by atoms with Crippen molar-refractivity contribution in [1.82, 2.24) is 0 Å². The Bertz CT molecular complexity index is 1070. The summed E-state index contributed by atoms with van der Waals surface area (Å²) < 4.78 is 5.96. The fourth-order valence-electron chi connectivity index (χ4n) is 6.83. The predicted molar refractivity (Wildman–Crippen MR) is 155 cm³/mol. The molecule has 0 heterocycles. The van der Waals surface area contributed by atoms with E-state index in [1.807, 2.05) is 30.4 Å². The lowest BCUT2D eigenvalue weighted by atomic mass is 9.65. The number of aliphatic hydroxyl groups is 1. The third-order valence-corrected chi connectivity index (χ3v) is 8.39. The van der Waals surface area contributed by atoms with Gasteiger partial charge >= 0.3 is 0 Å². The maximum absolute atomic E-state index is 12.8. The number of carbonyl (C=O) groups is 1. The number of benzene rings is 1. The summed E-state index contributed by atoms with van der Waals surface area (Å²) in [6, 6.07) is 8.22. The number of aliphatic imine (C=N–C) groups is 1. The first-order valence-corrected chi connectivity index (χ1v) is 14.3. The molecule has 2 fully saturated rings. The number of hydrogen-bond acceptors (Lipinski definition) is 5. The molecule has 0 amide bonds. The Kier molecular flexibility index (Phi) is 10.4. The van der Waals surface area contributed by atoms with Gasteiger partial charge in [0.2, 0.25) is 0 Å². The number of ketones is 1. The zero-order chi connectivity index (χ0) is 26.9. The number of Topliss-reactive ketones (excluding diaryl/α,β-unsaturated/α-hetero) is 1. The number of hydrogen-bond donors (Lipinski definition) is 2. The Morgan fingerprint density at radius 1 is 1.24 bits per heavy atom. The van der Waals surface area contributed by atoms with E-state index in [-0.39, 0.29) is 11.7 Å². The van der Waals surface area contributed by atoms with Gasteiger partial charge in [-0.25, -0.2) is 0 Å². The van der Waals surface area contributed by atoms with Crippen molar-refractivity contribution in [2.75, 3.05) is 13.2 Å². The molecule has 204 valence electrons. The first-order chi connectivity index (χ1) is 18.4. The van der Waals surface area contributed by atoms with Crippen molar-refractivity contribution in [3.8, 4) is 0 Å². The van der Waals surface area contributed by atoms with Crippen molar-refractivity contribution >= 4 is 17.6 Å². The molecule has 0 radical (unpaired) electrons. The summed E-state index contributed by atoms with van der Waals surface area (Å²) in [4.78, 5) is 16.7. The van der Waals surface area contributed by atoms with Gasteiger partial charge in [0.25, 0.3) is 0 Å². The number of allylic oxidation sites excluding steroid dienone is 4. The average molecular weight is 517 g/mol. The molecule has 4 rings (SSSR count). The molecule has 4 atom stereocenters. The first kappa shape index (κ1) is 28.4. The molecule has 3 aliphatic rings. The van der Waals surface area contributed by atoms with Crippen LogP contribution in [0, 0.1) is 29.6 Å². The minimum Gasteiger partial charge on any atom is -0.368 e. The molecule has 1 aromatic carbocycles. The van der Waals surface area contributed by atoms with E-state index >= 15 is 0 Å². The molecular weight excluding hydrogens is 472 g/mol. The highest BCUT2D eigenvalue weighted by Crippen LogP contribution is 2.44. The van der Waals surface area contributed by atoms with Crippen molar-refractivity contribution in [2.45, 2.75) is 64.6 Å². The SMILES string of the molecule is C=CN=C/C=C/CC(=O)C1C=CC(CN)=C(c2cccc(CC(O)OCC3CC4CC(C)CC(C3)C4)c2)C1. The molecule has 0 saturated heterocycles. The Hall–Kier alpha value is -2.60. The number of carbonyl (C=O) groups excluding carboxylic acids is 1. The van der Waals surface area contributed by atoms with Crippen LogP contribution in [-0.4, -0.2) is 36.5 Å². The van der Waals surface area contributed by atoms with Gasteiger partial charge in [-0.05, 0) is 90.5 Å². The molecule has 0 aliphatic heterocycles. The van der Waals surface area contributed by atoms with Gasteiger partial charge in [0.1, 0.15) is 5.78 Å². The van der Waals surface area contributed by atoms with Crippen LogP contribution in [0.3, 0.4) is 0 Å².